The third-order valence-corrected chi connectivity index (χ3v) is 7.96. The smallest absolute Gasteiger partial charge is 0.325 e. The van der Waals surface area contributed by atoms with E-state index in [-0.39, 0.29) is 17.8 Å². The number of carboxylic acid groups (broad SMARTS) is 1. The summed E-state index contributed by atoms with van der Waals surface area (Å²) in [6.07, 6.45) is -0.200. The molecule has 4 unspecified atom stereocenters. The van der Waals surface area contributed by atoms with Crippen LogP contribution >= 0.6 is 11.6 Å². The Balaban J connectivity index is 1.66. The van der Waals surface area contributed by atoms with Crippen LogP contribution in [0.1, 0.15) is 22.7 Å². The van der Waals surface area contributed by atoms with Gasteiger partial charge in [-0.15, -0.1) is 0 Å². The van der Waals surface area contributed by atoms with Crippen molar-refractivity contribution < 1.29 is 29.2 Å². The van der Waals surface area contributed by atoms with Gasteiger partial charge in [-0.3, -0.25) is 29.8 Å². The average Bonchev–Trinajstić information content (AvgIpc) is 3.39. The molecule has 0 bridgehead atoms. The van der Waals surface area contributed by atoms with E-state index in [0.717, 1.165) is 10.5 Å². The van der Waals surface area contributed by atoms with Gasteiger partial charge in [0.1, 0.15) is 11.3 Å². The largest absolute Gasteiger partial charge is 0.496 e. The van der Waals surface area contributed by atoms with Gasteiger partial charge in [-0.1, -0.05) is 48.0 Å². The van der Waals surface area contributed by atoms with Crippen molar-refractivity contribution in [2.75, 3.05) is 12.0 Å². The van der Waals surface area contributed by atoms with Crippen LogP contribution in [-0.4, -0.2) is 40.5 Å². The van der Waals surface area contributed by atoms with E-state index >= 15 is 0 Å². The van der Waals surface area contributed by atoms with Gasteiger partial charge in [-0.2, -0.15) is 0 Å². The minimum absolute atomic E-state index is 0.151. The van der Waals surface area contributed by atoms with Crippen LogP contribution in [0.3, 0.4) is 0 Å². The number of nitrogens with one attached hydrogen (secondary N) is 1. The van der Waals surface area contributed by atoms with Crippen molar-refractivity contribution in [3.8, 4) is 5.75 Å². The minimum Gasteiger partial charge on any atom is -0.496 e. The van der Waals surface area contributed by atoms with E-state index in [4.69, 9.17) is 16.3 Å². The molecule has 2 aliphatic heterocycles. The molecule has 0 saturated carbocycles. The number of rotatable bonds is 7. The predicted octanol–water partition coefficient (Wildman–Crippen LogP) is 4.08. The Morgan fingerprint density at radius 2 is 1.82 bits per heavy atom. The van der Waals surface area contributed by atoms with Gasteiger partial charge in [-0.05, 0) is 36.2 Å². The summed E-state index contributed by atoms with van der Waals surface area (Å²) in [5, 5.41) is 25.3. The molecule has 2 amide bonds. The molecule has 200 valence electrons. The number of non-ortho nitro benzene ring substituents is 1. The van der Waals surface area contributed by atoms with Crippen LogP contribution in [-0.2, 0) is 20.8 Å². The van der Waals surface area contributed by atoms with E-state index < -0.39 is 46.1 Å². The van der Waals surface area contributed by atoms with Gasteiger partial charge in [0.2, 0.25) is 11.8 Å². The number of anilines is 1. The molecule has 0 aromatic heterocycles. The fourth-order valence-electron chi connectivity index (χ4n) is 5.66. The summed E-state index contributed by atoms with van der Waals surface area (Å²) in [4.78, 5) is 52.6. The first-order chi connectivity index (χ1) is 18.6. The fourth-order valence-corrected chi connectivity index (χ4v) is 5.84. The van der Waals surface area contributed by atoms with Crippen LogP contribution < -0.4 is 15.0 Å². The van der Waals surface area contributed by atoms with Crippen LogP contribution in [0.5, 0.6) is 5.75 Å². The van der Waals surface area contributed by atoms with Crippen LogP contribution in [0.2, 0.25) is 5.02 Å². The summed E-state index contributed by atoms with van der Waals surface area (Å²) >= 11 is 6.30. The first-order valence-corrected chi connectivity index (χ1v) is 12.5. The van der Waals surface area contributed by atoms with E-state index in [1.807, 2.05) is 0 Å². The number of ether oxygens (including phenoxy) is 1. The molecule has 5 rings (SSSR count). The summed E-state index contributed by atoms with van der Waals surface area (Å²) in [6.45, 7) is 1.79. The first-order valence-electron chi connectivity index (χ1n) is 12.1. The fraction of sp³-hybridized carbons (Fsp3) is 0.250. The number of benzene rings is 3. The summed E-state index contributed by atoms with van der Waals surface area (Å²) in [6, 6.07) is 16.3. The minimum atomic E-state index is -1.90. The number of hydrogen-bond donors (Lipinski definition) is 2. The van der Waals surface area contributed by atoms with Crippen molar-refractivity contribution in [2.24, 2.45) is 11.8 Å². The van der Waals surface area contributed by atoms with Gasteiger partial charge in [0.05, 0.1) is 29.6 Å². The number of nitro groups is 1. The summed E-state index contributed by atoms with van der Waals surface area (Å²) < 4.78 is 5.51. The number of hydrogen-bond acceptors (Lipinski definition) is 7. The van der Waals surface area contributed by atoms with Crippen molar-refractivity contribution in [2.45, 2.75) is 24.9 Å². The molecule has 0 aliphatic carbocycles. The zero-order valence-electron chi connectivity index (χ0n) is 21.0. The Bertz CT molecular complexity index is 1510. The molecular weight excluding hydrogens is 526 g/mol. The van der Waals surface area contributed by atoms with Gasteiger partial charge in [0.25, 0.3) is 5.69 Å². The lowest BCUT2D eigenvalue weighted by Crippen LogP contribution is -2.57. The number of carbonyl (C=O) groups is 3. The number of aliphatic carboxylic acids is 1. The summed E-state index contributed by atoms with van der Waals surface area (Å²) in [7, 11) is 1.47. The highest BCUT2D eigenvalue weighted by atomic mass is 35.5. The highest BCUT2D eigenvalue weighted by Crippen LogP contribution is 2.52. The van der Waals surface area contributed by atoms with Crippen LogP contribution in [0.4, 0.5) is 11.4 Å². The molecule has 0 spiro atoms. The van der Waals surface area contributed by atoms with E-state index in [9.17, 15) is 29.6 Å². The van der Waals surface area contributed by atoms with E-state index in [1.54, 1.807) is 43.3 Å². The molecule has 2 fully saturated rings. The van der Waals surface area contributed by atoms with Gasteiger partial charge in [0.15, 0.2) is 0 Å². The molecule has 10 nitrogen and oxygen atoms in total. The second-order valence-corrected chi connectivity index (χ2v) is 10.1. The highest BCUT2D eigenvalue weighted by molar-refractivity contribution is 6.32. The number of carbonyl (C=O) groups excluding carboxylic acids is 2. The molecule has 4 atom stereocenters. The molecule has 2 aliphatic rings. The zero-order chi connectivity index (χ0) is 28.1. The third-order valence-electron chi connectivity index (χ3n) is 7.55. The molecule has 2 heterocycles. The van der Waals surface area contributed by atoms with Gasteiger partial charge >= 0.3 is 5.97 Å². The zero-order valence-corrected chi connectivity index (χ0v) is 21.7. The Kier molecular flexibility index (Phi) is 6.61. The molecule has 2 N–H and O–H groups in total. The first kappa shape index (κ1) is 26.3. The molecule has 0 radical (unpaired) electrons. The van der Waals surface area contributed by atoms with Crippen molar-refractivity contribution in [1.29, 1.82) is 0 Å². The van der Waals surface area contributed by atoms with Crippen LogP contribution in [0.25, 0.3) is 0 Å². The van der Waals surface area contributed by atoms with E-state index in [1.165, 1.54) is 37.4 Å². The highest BCUT2D eigenvalue weighted by Gasteiger charge is 2.69. The molecule has 11 heteroatoms. The quantitative estimate of drug-likeness (QED) is 0.255. The topological polar surface area (TPSA) is 139 Å². The molecule has 39 heavy (non-hydrogen) atoms. The Morgan fingerprint density at radius 1 is 1.13 bits per heavy atom. The monoisotopic (exact) mass is 549 g/mol. The van der Waals surface area contributed by atoms with E-state index in [2.05, 4.69) is 5.32 Å². The lowest BCUT2D eigenvalue weighted by molar-refractivity contribution is -0.384. The Labute approximate surface area is 228 Å². The maximum atomic E-state index is 14.0. The number of carboxylic acids is 1. The van der Waals surface area contributed by atoms with Crippen LogP contribution in [0, 0.1) is 28.9 Å². The predicted molar refractivity (Wildman–Crippen MR) is 142 cm³/mol. The van der Waals surface area contributed by atoms with Crippen molar-refractivity contribution in [1.82, 2.24) is 5.32 Å². The summed E-state index contributed by atoms with van der Waals surface area (Å²) in [5.74, 6) is -4.46. The lowest BCUT2D eigenvalue weighted by atomic mass is 9.76. The molecule has 3 aromatic carbocycles. The van der Waals surface area contributed by atoms with Gasteiger partial charge in [-0.25, -0.2) is 4.90 Å². The number of methoxy groups -OCH3 is 1. The number of nitrogens with zero attached hydrogens (tertiary/aromatic N) is 2. The average molecular weight is 550 g/mol. The number of halogens is 1. The number of amides is 2. The van der Waals surface area contributed by atoms with Gasteiger partial charge in [0, 0.05) is 35.2 Å². The number of imide groups is 1. The van der Waals surface area contributed by atoms with Gasteiger partial charge < -0.3 is 9.84 Å². The maximum Gasteiger partial charge on any atom is 0.325 e. The second-order valence-electron chi connectivity index (χ2n) is 9.69. The number of para-hydroxylation sites is 1. The molecule has 2 saturated heterocycles. The normalized spacial score (nSPS) is 24.1. The van der Waals surface area contributed by atoms with Crippen molar-refractivity contribution >= 4 is 40.8 Å². The number of aryl methyl sites for hydroxylation is 1. The molecular formula is C28H24ClN3O7. The van der Waals surface area contributed by atoms with Crippen molar-refractivity contribution in [3.63, 3.8) is 0 Å². The SMILES string of the molecule is COc1ccccc1C1NC(Cc2ccc([N+](=O)[O-])cc2)(C(=O)O)C2C(=O)N(c3ccc(C)c(Cl)c3)C(=O)C12. The van der Waals surface area contributed by atoms with Crippen molar-refractivity contribution in [3.05, 3.63) is 98.6 Å². The Hall–Kier alpha value is -4.28. The molecule has 3 aromatic rings. The van der Waals surface area contributed by atoms with E-state index in [0.29, 0.717) is 21.9 Å². The Morgan fingerprint density at radius 3 is 2.44 bits per heavy atom. The second kappa shape index (κ2) is 9.79. The van der Waals surface area contributed by atoms with Crippen LogP contribution in [0.15, 0.2) is 66.7 Å². The number of nitro benzene ring substituents is 1. The third kappa shape index (κ3) is 4.21. The standard InChI is InChI=1S/C28H24ClN3O7/c1-15-7-10-18(13-20(15)29)31-25(33)22-23(26(31)34)28(27(35)36,14-16-8-11-17(12-9-16)32(37)38)30-24(22)19-5-3-4-6-21(19)39-2/h3-13,22-24,30H,14H2,1-2H3,(H,35,36). The lowest BCUT2D eigenvalue weighted by Gasteiger charge is -2.31. The number of fused-ring (bicyclic) bond motifs is 1. The maximum absolute atomic E-state index is 14.0. The summed E-state index contributed by atoms with van der Waals surface area (Å²) in [5.41, 5.74) is -0.0576.